The summed E-state index contributed by atoms with van der Waals surface area (Å²) in [5.41, 5.74) is 2.31. The number of nitrogens with one attached hydrogen (secondary N) is 3. The van der Waals surface area contributed by atoms with E-state index in [1.54, 1.807) is 65.8 Å². The molecule has 3 aromatic rings. The van der Waals surface area contributed by atoms with Crippen molar-refractivity contribution in [3.05, 3.63) is 101 Å². The minimum Gasteiger partial charge on any atom is -0.460 e. The van der Waals surface area contributed by atoms with E-state index in [0.717, 1.165) is 16.7 Å². The van der Waals surface area contributed by atoms with Crippen LogP contribution in [-0.4, -0.2) is 53.1 Å². The molecule has 0 radical (unpaired) electrons. The number of esters is 2. The topological polar surface area (TPSA) is 149 Å². The Hall–Kier alpha value is -5.19. The van der Waals surface area contributed by atoms with Gasteiger partial charge < -0.3 is 24.8 Å². The summed E-state index contributed by atoms with van der Waals surface area (Å²) >= 11 is 0. The predicted octanol–water partition coefficient (Wildman–Crippen LogP) is 6.09. The van der Waals surface area contributed by atoms with E-state index in [1.165, 1.54) is 6.92 Å². The molecule has 262 valence electrons. The Kier molecular flexibility index (Phi) is 13.5. The van der Waals surface area contributed by atoms with Crippen molar-refractivity contribution in [2.45, 2.75) is 97.6 Å². The Morgan fingerprint density at radius 3 is 1.84 bits per heavy atom. The van der Waals surface area contributed by atoms with Crippen molar-refractivity contribution in [3.8, 4) is 0 Å². The van der Waals surface area contributed by atoms with Crippen LogP contribution in [0.2, 0.25) is 0 Å². The van der Waals surface area contributed by atoms with Crippen LogP contribution in [0.5, 0.6) is 0 Å². The second-order valence-corrected chi connectivity index (χ2v) is 13.7. The molecule has 0 fully saturated rings. The van der Waals surface area contributed by atoms with Crippen LogP contribution in [0, 0.1) is 0 Å². The first-order valence-corrected chi connectivity index (χ1v) is 16.2. The van der Waals surface area contributed by atoms with E-state index in [2.05, 4.69) is 16.0 Å². The van der Waals surface area contributed by atoms with Gasteiger partial charge in [-0.2, -0.15) is 0 Å². The molecule has 49 heavy (non-hydrogen) atoms. The van der Waals surface area contributed by atoms with Crippen LogP contribution in [0.1, 0.15) is 88.4 Å². The molecule has 0 aliphatic heterocycles. The van der Waals surface area contributed by atoms with Gasteiger partial charge in [-0.3, -0.25) is 19.7 Å². The second kappa shape index (κ2) is 17.3. The van der Waals surface area contributed by atoms with Crippen molar-refractivity contribution in [1.82, 2.24) is 10.6 Å². The lowest BCUT2D eigenvalue weighted by Gasteiger charge is -2.26. The maximum absolute atomic E-state index is 13.0. The van der Waals surface area contributed by atoms with Gasteiger partial charge in [0.05, 0.1) is 0 Å². The number of hydrogen-bond acceptors (Lipinski definition) is 8. The average Bonchev–Trinajstić information content (AvgIpc) is 3.02. The van der Waals surface area contributed by atoms with Crippen LogP contribution < -0.4 is 16.0 Å². The summed E-state index contributed by atoms with van der Waals surface area (Å²) in [6.45, 7) is 12.0. The number of amides is 3. The van der Waals surface area contributed by atoms with Gasteiger partial charge in [-0.25, -0.2) is 9.59 Å². The fourth-order valence-electron chi connectivity index (χ4n) is 4.51. The largest absolute Gasteiger partial charge is 0.460 e. The number of hydrogen-bond donors (Lipinski definition) is 3. The number of ether oxygens (including phenoxy) is 3. The fourth-order valence-corrected chi connectivity index (χ4v) is 4.51. The van der Waals surface area contributed by atoms with E-state index in [0.29, 0.717) is 17.7 Å². The summed E-state index contributed by atoms with van der Waals surface area (Å²) in [7, 11) is 0. The van der Waals surface area contributed by atoms with Gasteiger partial charge in [-0.1, -0.05) is 54.6 Å². The summed E-state index contributed by atoms with van der Waals surface area (Å²) in [5.74, 6) is -2.27. The molecular formula is C38H47N3O8. The molecule has 11 heteroatoms. The zero-order valence-corrected chi connectivity index (χ0v) is 29.3. The maximum atomic E-state index is 13.0. The average molecular weight is 674 g/mol. The Labute approximate surface area is 288 Å². The summed E-state index contributed by atoms with van der Waals surface area (Å²) in [6.07, 6.45) is -0.0924. The van der Waals surface area contributed by atoms with Crippen molar-refractivity contribution >= 4 is 35.5 Å². The third-order valence-electron chi connectivity index (χ3n) is 6.84. The first kappa shape index (κ1) is 38.3. The Morgan fingerprint density at radius 1 is 0.694 bits per heavy atom. The van der Waals surface area contributed by atoms with Crippen molar-refractivity contribution in [3.63, 3.8) is 0 Å². The Morgan fingerprint density at radius 2 is 1.27 bits per heavy atom. The highest BCUT2D eigenvalue weighted by atomic mass is 16.6. The molecule has 0 bridgehead atoms. The van der Waals surface area contributed by atoms with Gasteiger partial charge in [0.2, 0.25) is 5.91 Å². The number of carbonyl (C=O) groups excluding carboxylic acids is 5. The molecule has 0 aliphatic rings. The molecule has 0 unspecified atom stereocenters. The van der Waals surface area contributed by atoms with Gasteiger partial charge in [-0.15, -0.1) is 0 Å². The van der Waals surface area contributed by atoms with Crippen LogP contribution in [0.4, 0.5) is 10.5 Å². The van der Waals surface area contributed by atoms with Gasteiger partial charge in [-0.05, 0) is 102 Å². The lowest BCUT2D eigenvalue weighted by molar-refractivity contribution is -0.160. The zero-order chi connectivity index (χ0) is 36.2. The molecule has 3 N–H and O–H groups in total. The first-order chi connectivity index (χ1) is 23.0. The highest BCUT2D eigenvalue weighted by molar-refractivity contribution is 5.98. The summed E-state index contributed by atoms with van der Waals surface area (Å²) < 4.78 is 16.0. The molecule has 2 atom stereocenters. The monoisotopic (exact) mass is 673 g/mol. The minimum atomic E-state index is -1.11. The van der Waals surface area contributed by atoms with E-state index >= 15 is 0 Å². The molecule has 0 saturated heterocycles. The lowest BCUT2D eigenvalue weighted by atomic mass is 10.0. The highest BCUT2D eigenvalue weighted by Gasteiger charge is 2.30. The van der Waals surface area contributed by atoms with Crippen LogP contribution in [-0.2, 0) is 41.6 Å². The maximum Gasteiger partial charge on any atom is 0.411 e. The summed E-state index contributed by atoms with van der Waals surface area (Å²) in [5, 5.41) is 7.98. The molecule has 3 amide bonds. The van der Waals surface area contributed by atoms with Gasteiger partial charge in [0.25, 0.3) is 5.91 Å². The molecule has 0 spiro atoms. The fraction of sp³-hybridized carbons (Fsp3) is 0.395. The summed E-state index contributed by atoms with van der Waals surface area (Å²) in [6, 6.07) is 21.7. The van der Waals surface area contributed by atoms with E-state index in [9.17, 15) is 24.0 Å². The normalized spacial score (nSPS) is 12.6. The molecule has 11 nitrogen and oxygen atoms in total. The van der Waals surface area contributed by atoms with Crippen LogP contribution in [0.25, 0.3) is 0 Å². The lowest BCUT2D eigenvalue weighted by Crippen LogP contribution is -2.51. The molecular weight excluding hydrogens is 626 g/mol. The molecule has 0 aromatic heterocycles. The van der Waals surface area contributed by atoms with Crippen LogP contribution in [0.3, 0.4) is 0 Å². The number of benzene rings is 3. The smallest absolute Gasteiger partial charge is 0.411 e. The minimum absolute atomic E-state index is 0.0295. The van der Waals surface area contributed by atoms with Crippen LogP contribution >= 0.6 is 0 Å². The Bertz CT molecular complexity index is 1570. The van der Waals surface area contributed by atoms with E-state index in [1.807, 2.05) is 54.6 Å². The van der Waals surface area contributed by atoms with Crippen molar-refractivity contribution in [2.75, 3.05) is 5.32 Å². The van der Waals surface area contributed by atoms with Crippen molar-refractivity contribution in [2.24, 2.45) is 0 Å². The van der Waals surface area contributed by atoms with E-state index in [4.69, 9.17) is 14.2 Å². The molecule has 3 rings (SSSR count). The van der Waals surface area contributed by atoms with Gasteiger partial charge in [0.1, 0.15) is 29.9 Å². The standard InChI is InChI=1S/C38H47N3O8/c1-25(33(43)41-31(35(45)49-38(5,6)7)21-22-32(42)48-37(2,3)4)39-34(44)29-17-13-26(14-18-29)23-27-15-19-30(20-16-27)40-36(46)47-24-28-11-9-8-10-12-28/h8-20,25,31H,21-24H2,1-7H3,(H,39,44)(H,40,46)(H,41,43)/t25-,31-/m0/s1. The third kappa shape index (κ3) is 14.2. The van der Waals surface area contributed by atoms with Crippen molar-refractivity contribution in [1.29, 1.82) is 0 Å². The number of rotatable bonds is 13. The number of carbonyl (C=O) groups is 5. The van der Waals surface area contributed by atoms with Gasteiger partial charge >= 0.3 is 18.0 Å². The van der Waals surface area contributed by atoms with E-state index < -0.39 is 53.1 Å². The zero-order valence-electron chi connectivity index (χ0n) is 29.3. The molecule has 0 saturated carbocycles. The van der Waals surface area contributed by atoms with Gasteiger partial charge in [0, 0.05) is 17.7 Å². The molecule has 0 heterocycles. The Balaban J connectivity index is 1.51. The third-order valence-corrected chi connectivity index (χ3v) is 6.84. The molecule has 3 aromatic carbocycles. The van der Waals surface area contributed by atoms with Crippen molar-refractivity contribution < 1.29 is 38.2 Å². The van der Waals surface area contributed by atoms with Crippen LogP contribution in [0.15, 0.2) is 78.9 Å². The quantitative estimate of drug-likeness (QED) is 0.146. The number of anilines is 1. The predicted molar refractivity (Wildman–Crippen MR) is 186 cm³/mol. The SMILES string of the molecule is C[C@H](NC(=O)c1ccc(Cc2ccc(NC(=O)OCc3ccccc3)cc2)cc1)C(=O)N[C@@H](CCC(=O)OC(C)(C)C)C(=O)OC(C)(C)C. The van der Waals surface area contributed by atoms with E-state index in [-0.39, 0.29) is 19.4 Å². The van der Waals surface area contributed by atoms with Gasteiger partial charge in [0.15, 0.2) is 0 Å². The first-order valence-electron chi connectivity index (χ1n) is 16.2. The second-order valence-electron chi connectivity index (χ2n) is 13.7. The highest BCUT2D eigenvalue weighted by Crippen LogP contribution is 2.16. The molecule has 0 aliphatic carbocycles. The summed E-state index contributed by atoms with van der Waals surface area (Å²) in [4.78, 5) is 63.2.